The van der Waals surface area contributed by atoms with Crippen molar-refractivity contribution in [3.05, 3.63) is 0 Å². The Kier molecular flexibility index (Phi) is 4.48. The van der Waals surface area contributed by atoms with E-state index in [0.717, 1.165) is 0 Å². The van der Waals surface area contributed by atoms with Gasteiger partial charge in [-0.25, -0.2) is 9.59 Å². The highest BCUT2D eigenvalue weighted by atomic mass is 32.2. The molecule has 7 nitrogen and oxygen atoms in total. The molecule has 0 aliphatic carbocycles. The van der Waals surface area contributed by atoms with Crippen molar-refractivity contribution in [3.8, 4) is 0 Å². The third-order valence-corrected chi connectivity index (χ3v) is 2.64. The molecule has 0 aromatic rings. The lowest BCUT2D eigenvalue weighted by Gasteiger charge is -2.23. The highest BCUT2D eigenvalue weighted by molar-refractivity contribution is 7.96. The topological polar surface area (TPSA) is 94.1 Å². The Balaban J connectivity index is 2.66. The summed E-state index contributed by atoms with van der Waals surface area (Å²) in [7, 11) is 0. The summed E-state index contributed by atoms with van der Waals surface area (Å²) in [6.45, 7) is 2.97. The first-order valence-corrected chi connectivity index (χ1v) is 5.35. The molecular formula is C8H9F2O7S-. The number of rotatable bonds is 5. The average Bonchev–Trinajstić information content (AvgIpc) is 2.53. The molecule has 1 rings (SSSR count). The van der Waals surface area contributed by atoms with E-state index in [1.807, 2.05) is 0 Å². The zero-order valence-electron chi connectivity index (χ0n) is 9.31. The normalized spacial score (nSPS) is 22.7. The van der Waals surface area contributed by atoms with Gasteiger partial charge in [-0.05, 0) is 0 Å². The van der Waals surface area contributed by atoms with Crippen LogP contribution in [0.1, 0.15) is 13.8 Å². The SMILES string of the molecule is CC1(C)COC(=O)C1OC(=O)C(F)(F)SOO[O-]. The Morgan fingerprint density at radius 2 is 2.22 bits per heavy atom. The number of halogens is 2. The summed E-state index contributed by atoms with van der Waals surface area (Å²) in [5.74, 6) is -2.93. The van der Waals surface area contributed by atoms with E-state index in [1.165, 1.54) is 13.8 Å². The molecule has 1 saturated heterocycles. The fourth-order valence-electron chi connectivity index (χ4n) is 1.20. The van der Waals surface area contributed by atoms with Crippen LogP contribution in [0.4, 0.5) is 8.78 Å². The van der Waals surface area contributed by atoms with Crippen LogP contribution < -0.4 is 5.26 Å². The van der Waals surface area contributed by atoms with Crippen molar-refractivity contribution in [2.75, 3.05) is 6.61 Å². The molecule has 0 aromatic heterocycles. The van der Waals surface area contributed by atoms with Crippen LogP contribution in [-0.4, -0.2) is 29.9 Å². The van der Waals surface area contributed by atoms with Crippen molar-refractivity contribution in [1.29, 1.82) is 0 Å². The predicted octanol–water partition coefficient (Wildman–Crippen LogP) is -0.0543. The van der Waals surface area contributed by atoms with E-state index in [9.17, 15) is 23.6 Å². The fraction of sp³-hybridized carbons (Fsp3) is 0.750. The van der Waals surface area contributed by atoms with Crippen LogP contribution in [0, 0.1) is 5.41 Å². The summed E-state index contributed by atoms with van der Waals surface area (Å²) < 4.78 is 38.4. The number of ether oxygens (including phenoxy) is 2. The lowest BCUT2D eigenvalue weighted by molar-refractivity contribution is -0.777. The Morgan fingerprint density at radius 1 is 1.61 bits per heavy atom. The van der Waals surface area contributed by atoms with Crippen molar-refractivity contribution in [2.24, 2.45) is 5.41 Å². The number of carbonyl (C=O) groups is 2. The zero-order valence-corrected chi connectivity index (χ0v) is 10.1. The second-order valence-electron chi connectivity index (χ2n) is 4.12. The molecule has 1 heterocycles. The highest BCUT2D eigenvalue weighted by Crippen LogP contribution is 2.36. The first kappa shape index (κ1) is 15.1. The van der Waals surface area contributed by atoms with Gasteiger partial charge in [-0.3, -0.25) is 5.04 Å². The molecule has 0 aromatic carbocycles. The van der Waals surface area contributed by atoms with Crippen LogP contribution in [-0.2, 0) is 28.4 Å². The van der Waals surface area contributed by atoms with Crippen LogP contribution in [0.15, 0.2) is 0 Å². The first-order valence-electron chi connectivity index (χ1n) is 4.60. The van der Waals surface area contributed by atoms with Gasteiger partial charge in [0, 0.05) is 5.41 Å². The summed E-state index contributed by atoms with van der Waals surface area (Å²) >= 11 is -0.823. The molecule has 0 amide bonds. The van der Waals surface area contributed by atoms with Gasteiger partial charge in [0.1, 0.15) is 18.6 Å². The van der Waals surface area contributed by atoms with Gasteiger partial charge in [0.25, 0.3) is 0 Å². The van der Waals surface area contributed by atoms with Gasteiger partial charge < -0.3 is 14.7 Å². The fourth-order valence-corrected chi connectivity index (χ4v) is 1.43. The molecule has 104 valence electrons. The molecule has 0 N–H and O–H groups in total. The number of alkyl halides is 2. The Hall–Kier alpha value is -0.970. The van der Waals surface area contributed by atoms with E-state index in [0.29, 0.717) is 0 Å². The summed E-state index contributed by atoms with van der Waals surface area (Å²) in [6.07, 6.45) is -1.44. The summed E-state index contributed by atoms with van der Waals surface area (Å²) in [6, 6.07) is 0. The lowest BCUT2D eigenvalue weighted by Crippen LogP contribution is -2.39. The van der Waals surface area contributed by atoms with E-state index in [1.54, 1.807) is 0 Å². The van der Waals surface area contributed by atoms with Gasteiger partial charge in [0.15, 0.2) is 0 Å². The predicted molar refractivity (Wildman–Crippen MR) is 49.3 cm³/mol. The number of hydrogen-bond donors (Lipinski definition) is 0. The third-order valence-electron chi connectivity index (χ3n) is 2.14. The Labute approximate surface area is 104 Å². The minimum Gasteiger partial charge on any atom is -0.691 e. The second kappa shape index (κ2) is 5.34. The number of hydrogen-bond acceptors (Lipinski definition) is 8. The molecular weight excluding hydrogens is 278 g/mol. The maximum Gasteiger partial charge on any atom is 0.415 e. The van der Waals surface area contributed by atoms with Gasteiger partial charge in [-0.1, -0.05) is 13.8 Å². The summed E-state index contributed by atoms with van der Waals surface area (Å²) in [5, 5.41) is 7.91. The molecule has 0 radical (unpaired) electrons. The number of carbonyl (C=O) groups excluding carboxylic acids is 2. The number of cyclic esters (lactones) is 1. The van der Waals surface area contributed by atoms with Crippen LogP contribution in [0.25, 0.3) is 0 Å². The monoisotopic (exact) mass is 287 g/mol. The molecule has 18 heavy (non-hydrogen) atoms. The smallest absolute Gasteiger partial charge is 0.415 e. The molecule has 1 atom stereocenters. The molecule has 1 aliphatic rings. The van der Waals surface area contributed by atoms with Crippen LogP contribution in [0.3, 0.4) is 0 Å². The minimum absolute atomic E-state index is 0.0529. The quantitative estimate of drug-likeness (QED) is 0.300. The number of esters is 2. The van der Waals surface area contributed by atoms with Crippen molar-refractivity contribution >= 4 is 24.0 Å². The Bertz CT molecular complexity index is 346. The van der Waals surface area contributed by atoms with Crippen molar-refractivity contribution in [3.63, 3.8) is 0 Å². The van der Waals surface area contributed by atoms with Gasteiger partial charge in [-0.15, -0.1) is 0 Å². The van der Waals surface area contributed by atoms with Crippen LogP contribution >= 0.6 is 12.0 Å². The maximum atomic E-state index is 13.0. The van der Waals surface area contributed by atoms with E-state index >= 15 is 0 Å². The maximum absolute atomic E-state index is 13.0. The average molecular weight is 287 g/mol. The van der Waals surface area contributed by atoms with E-state index in [-0.39, 0.29) is 6.61 Å². The largest absolute Gasteiger partial charge is 0.691 e. The Morgan fingerprint density at radius 3 is 2.67 bits per heavy atom. The van der Waals surface area contributed by atoms with Gasteiger partial charge in [0.2, 0.25) is 6.10 Å². The molecule has 0 bridgehead atoms. The molecule has 10 heteroatoms. The van der Waals surface area contributed by atoms with E-state index in [4.69, 9.17) is 0 Å². The summed E-state index contributed by atoms with van der Waals surface area (Å²) in [5.41, 5.74) is -0.913. The molecule has 0 spiro atoms. The van der Waals surface area contributed by atoms with Crippen LogP contribution in [0.2, 0.25) is 0 Å². The molecule has 0 saturated carbocycles. The zero-order chi connectivity index (χ0) is 14.0. The minimum atomic E-state index is -4.18. The lowest BCUT2D eigenvalue weighted by atomic mass is 9.90. The molecule has 1 unspecified atom stereocenters. The summed E-state index contributed by atoms with van der Waals surface area (Å²) in [4.78, 5) is 22.3. The standard InChI is InChI=1S/C8H10F2O7S/c1-7(2)3-14-5(11)4(7)15-6(12)8(9,10)18-17-16-13/h4,13H,3H2,1-2H3/p-1. The third kappa shape index (κ3) is 3.28. The van der Waals surface area contributed by atoms with E-state index < -0.39 is 40.8 Å². The van der Waals surface area contributed by atoms with Crippen molar-refractivity contribution in [2.45, 2.75) is 25.2 Å². The highest BCUT2D eigenvalue weighted by Gasteiger charge is 2.52. The van der Waals surface area contributed by atoms with Crippen molar-refractivity contribution < 1.29 is 42.5 Å². The molecule has 1 aliphatic heterocycles. The van der Waals surface area contributed by atoms with Gasteiger partial charge in [0.05, 0.1) is 0 Å². The van der Waals surface area contributed by atoms with Crippen LogP contribution in [0.5, 0.6) is 0 Å². The second-order valence-corrected chi connectivity index (χ2v) is 4.93. The van der Waals surface area contributed by atoms with E-state index in [2.05, 4.69) is 18.8 Å². The van der Waals surface area contributed by atoms with Gasteiger partial charge in [-0.2, -0.15) is 13.1 Å². The van der Waals surface area contributed by atoms with Crippen molar-refractivity contribution in [1.82, 2.24) is 0 Å². The molecule has 1 fully saturated rings. The first-order chi connectivity index (χ1) is 8.20. The van der Waals surface area contributed by atoms with Gasteiger partial charge >= 0.3 is 17.2 Å².